The molecule has 2 aliphatic rings. The smallest absolute Gasteiger partial charge is 0.426 e. The number of ether oxygens (including phenoxy) is 2. The second kappa shape index (κ2) is 5.86. The molecule has 0 aromatic rings. The summed E-state index contributed by atoms with van der Waals surface area (Å²) in [5, 5.41) is 0. The van der Waals surface area contributed by atoms with Gasteiger partial charge in [0.15, 0.2) is 5.60 Å². The van der Waals surface area contributed by atoms with Crippen molar-refractivity contribution in [3.8, 4) is 0 Å². The topological polar surface area (TPSA) is 35.5 Å². The van der Waals surface area contributed by atoms with Crippen LogP contribution in [0.4, 0.5) is 4.79 Å². The van der Waals surface area contributed by atoms with Gasteiger partial charge in [-0.1, -0.05) is 39.0 Å². The Balaban J connectivity index is 2.23. The molecule has 1 aliphatic heterocycles. The predicted molar refractivity (Wildman–Crippen MR) is 83.9 cm³/mol. The minimum Gasteiger partial charge on any atom is -0.426 e. The summed E-state index contributed by atoms with van der Waals surface area (Å²) in [6, 6.07) is 0. The van der Waals surface area contributed by atoms with Crippen LogP contribution in [0.25, 0.3) is 0 Å². The number of hydrogen-bond acceptors (Lipinski definition) is 3. The summed E-state index contributed by atoms with van der Waals surface area (Å²) in [6.45, 7) is 16.6. The molecule has 0 bridgehead atoms. The Labute approximate surface area is 128 Å². The first kappa shape index (κ1) is 16.1. The van der Waals surface area contributed by atoms with Gasteiger partial charge in [0, 0.05) is 12.3 Å². The molecule has 3 nitrogen and oxygen atoms in total. The van der Waals surface area contributed by atoms with Gasteiger partial charge in [0.05, 0.1) is 0 Å². The molecule has 1 heterocycles. The highest BCUT2D eigenvalue weighted by atomic mass is 16.8. The summed E-state index contributed by atoms with van der Waals surface area (Å²) < 4.78 is 11.1. The molecule has 0 radical (unpaired) electrons. The first-order valence-electron chi connectivity index (χ1n) is 7.99. The van der Waals surface area contributed by atoms with E-state index in [4.69, 9.17) is 9.47 Å². The van der Waals surface area contributed by atoms with Gasteiger partial charge in [0.2, 0.25) is 0 Å². The maximum atomic E-state index is 11.8. The van der Waals surface area contributed by atoms with E-state index < -0.39 is 11.8 Å². The van der Waals surface area contributed by atoms with E-state index in [1.54, 1.807) is 0 Å². The number of carbonyl (C=O) groups excluding carboxylic acids is 1. The van der Waals surface area contributed by atoms with Crippen LogP contribution in [0.1, 0.15) is 47.0 Å². The molecular weight excluding hydrogens is 264 g/mol. The van der Waals surface area contributed by atoms with Crippen LogP contribution < -0.4 is 0 Å². The first-order valence-corrected chi connectivity index (χ1v) is 7.99. The number of cyclic esters (lactones) is 2. The second-order valence-electron chi connectivity index (χ2n) is 7.13. The molecule has 1 saturated heterocycles. The van der Waals surface area contributed by atoms with Crippen LogP contribution in [0.3, 0.4) is 0 Å². The summed E-state index contributed by atoms with van der Waals surface area (Å²) in [6.07, 6.45) is 4.11. The summed E-state index contributed by atoms with van der Waals surface area (Å²) in [5.41, 5.74) is 0.532. The van der Waals surface area contributed by atoms with Gasteiger partial charge in [0.25, 0.3) is 0 Å². The molecule has 2 fully saturated rings. The van der Waals surface area contributed by atoms with Crippen LogP contribution in [0.15, 0.2) is 24.8 Å². The quantitative estimate of drug-likeness (QED) is 0.543. The number of allylic oxidation sites excluding steroid dienone is 1. The lowest BCUT2D eigenvalue weighted by Crippen LogP contribution is -2.46. The molecule has 1 saturated carbocycles. The molecule has 118 valence electrons. The van der Waals surface area contributed by atoms with Crippen LogP contribution in [-0.2, 0) is 9.47 Å². The van der Waals surface area contributed by atoms with E-state index in [9.17, 15) is 4.79 Å². The SMILES string of the molecule is C=C[C@@H]1[C@H](C)CC[C@H]1[C@]1(C)OC(=O)O[C@@H]1CC(=C)C(C)C. The summed E-state index contributed by atoms with van der Waals surface area (Å²) in [4.78, 5) is 11.8. The highest BCUT2D eigenvalue weighted by Crippen LogP contribution is 2.49. The van der Waals surface area contributed by atoms with Gasteiger partial charge < -0.3 is 9.47 Å². The van der Waals surface area contributed by atoms with Crippen molar-refractivity contribution in [1.82, 2.24) is 0 Å². The highest BCUT2D eigenvalue weighted by molar-refractivity contribution is 5.63. The second-order valence-corrected chi connectivity index (χ2v) is 7.13. The molecule has 2 rings (SSSR count). The minimum absolute atomic E-state index is 0.238. The van der Waals surface area contributed by atoms with Crippen molar-refractivity contribution in [1.29, 1.82) is 0 Å². The van der Waals surface area contributed by atoms with E-state index in [2.05, 4.69) is 33.9 Å². The fourth-order valence-electron chi connectivity index (χ4n) is 3.82. The standard InChI is InChI=1S/C18H28O3/c1-7-14-12(4)8-9-15(14)18(6)16(20-17(19)21-18)10-13(5)11(2)3/h7,11-12,14-16H,1,5,8-10H2,2-4,6H3/t12-,14-,15-,16-,18+/m1/s1. The highest BCUT2D eigenvalue weighted by Gasteiger charge is 2.56. The Bertz CT molecular complexity index is 440. The van der Waals surface area contributed by atoms with Gasteiger partial charge in [-0.15, -0.1) is 6.58 Å². The zero-order chi connectivity index (χ0) is 15.8. The molecule has 1 aliphatic carbocycles. The largest absolute Gasteiger partial charge is 0.509 e. The Morgan fingerprint density at radius 1 is 1.48 bits per heavy atom. The van der Waals surface area contributed by atoms with Gasteiger partial charge >= 0.3 is 6.16 Å². The van der Waals surface area contributed by atoms with Crippen molar-refractivity contribution >= 4 is 6.16 Å². The molecule has 21 heavy (non-hydrogen) atoms. The average Bonchev–Trinajstić information content (AvgIpc) is 2.91. The van der Waals surface area contributed by atoms with E-state index in [0.717, 1.165) is 18.4 Å². The maximum Gasteiger partial charge on any atom is 0.509 e. The summed E-state index contributed by atoms with van der Waals surface area (Å²) >= 11 is 0. The molecule has 0 aromatic heterocycles. The number of rotatable bonds is 5. The van der Waals surface area contributed by atoms with Crippen molar-refractivity contribution in [2.75, 3.05) is 0 Å². The fourth-order valence-corrected chi connectivity index (χ4v) is 3.82. The average molecular weight is 292 g/mol. The van der Waals surface area contributed by atoms with Crippen molar-refractivity contribution in [2.24, 2.45) is 23.7 Å². The van der Waals surface area contributed by atoms with E-state index >= 15 is 0 Å². The van der Waals surface area contributed by atoms with E-state index in [-0.39, 0.29) is 12.0 Å². The van der Waals surface area contributed by atoms with Gasteiger partial charge in [-0.05, 0) is 37.5 Å². The summed E-state index contributed by atoms with van der Waals surface area (Å²) in [5.74, 6) is 1.62. The zero-order valence-corrected chi connectivity index (χ0v) is 13.7. The maximum absolute atomic E-state index is 11.8. The Kier molecular flexibility index (Phi) is 4.50. The fraction of sp³-hybridized carbons (Fsp3) is 0.722. The molecule has 0 unspecified atom stereocenters. The molecular formula is C18H28O3. The third kappa shape index (κ3) is 2.88. The Morgan fingerprint density at radius 3 is 2.71 bits per heavy atom. The predicted octanol–water partition coefficient (Wildman–Crippen LogP) is 4.73. The van der Waals surface area contributed by atoms with Gasteiger partial charge in [0.1, 0.15) is 6.10 Å². The van der Waals surface area contributed by atoms with Crippen LogP contribution >= 0.6 is 0 Å². The molecule has 5 atom stereocenters. The van der Waals surface area contributed by atoms with Crippen LogP contribution in [0, 0.1) is 23.7 Å². The molecule has 0 aromatic carbocycles. The van der Waals surface area contributed by atoms with Crippen molar-refractivity contribution < 1.29 is 14.3 Å². The van der Waals surface area contributed by atoms with Crippen molar-refractivity contribution in [3.63, 3.8) is 0 Å². The summed E-state index contributed by atoms with van der Waals surface area (Å²) in [7, 11) is 0. The van der Waals surface area contributed by atoms with Crippen LogP contribution in [-0.4, -0.2) is 17.9 Å². The third-order valence-electron chi connectivity index (χ3n) is 5.51. The van der Waals surface area contributed by atoms with E-state index in [1.807, 2.05) is 13.0 Å². The van der Waals surface area contributed by atoms with Gasteiger partial charge in [-0.3, -0.25) is 0 Å². The minimum atomic E-state index is -0.571. The van der Waals surface area contributed by atoms with Crippen molar-refractivity contribution in [2.45, 2.75) is 58.7 Å². The Morgan fingerprint density at radius 2 is 2.14 bits per heavy atom. The van der Waals surface area contributed by atoms with E-state index in [1.165, 1.54) is 0 Å². The van der Waals surface area contributed by atoms with Crippen LogP contribution in [0.2, 0.25) is 0 Å². The van der Waals surface area contributed by atoms with Gasteiger partial charge in [-0.2, -0.15) is 0 Å². The number of hydrogen-bond donors (Lipinski definition) is 0. The molecule has 3 heteroatoms. The normalized spacial score (nSPS) is 39.2. The lowest BCUT2D eigenvalue weighted by Gasteiger charge is -2.36. The Hall–Kier alpha value is -1.25. The first-order chi connectivity index (χ1) is 9.79. The van der Waals surface area contributed by atoms with Crippen molar-refractivity contribution in [3.05, 3.63) is 24.8 Å². The lowest BCUT2D eigenvalue weighted by molar-refractivity contribution is -0.0205. The van der Waals surface area contributed by atoms with Gasteiger partial charge in [-0.25, -0.2) is 4.79 Å². The van der Waals surface area contributed by atoms with E-state index in [0.29, 0.717) is 24.2 Å². The molecule has 0 amide bonds. The molecule has 0 spiro atoms. The number of carbonyl (C=O) groups is 1. The third-order valence-corrected chi connectivity index (χ3v) is 5.51. The molecule has 0 N–H and O–H groups in total. The van der Waals surface area contributed by atoms with Crippen LogP contribution in [0.5, 0.6) is 0 Å². The lowest BCUT2D eigenvalue weighted by atomic mass is 9.74. The monoisotopic (exact) mass is 292 g/mol. The zero-order valence-electron chi connectivity index (χ0n) is 13.7.